The van der Waals surface area contributed by atoms with Gasteiger partial charge in [-0.25, -0.2) is 0 Å². The van der Waals surface area contributed by atoms with Gasteiger partial charge in [0.25, 0.3) is 0 Å². The van der Waals surface area contributed by atoms with E-state index in [1.807, 2.05) is 30.3 Å². The summed E-state index contributed by atoms with van der Waals surface area (Å²) in [6.07, 6.45) is 2.29. The molecule has 2 rings (SSSR count). The molecule has 3 nitrogen and oxygen atoms in total. The van der Waals surface area contributed by atoms with Crippen LogP contribution in [0.4, 0.5) is 0 Å². The lowest BCUT2D eigenvalue weighted by Gasteiger charge is -2.15. The van der Waals surface area contributed by atoms with E-state index >= 15 is 0 Å². The van der Waals surface area contributed by atoms with Gasteiger partial charge < -0.3 is 14.2 Å². The Bertz CT molecular complexity index is 350. The Hall–Kier alpha value is -1.16. The minimum Gasteiger partial charge on any atom is -0.370 e. The fraction of sp³-hybridized carbons (Fsp3) is 0.429. The van der Waals surface area contributed by atoms with E-state index in [-0.39, 0.29) is 18.5 Å². The van der Waals surface area contributed by atoms with Gasteiger partial charge in [-0.3, -0.25) is 0 Å². The van der Waals surface area contributed by atoms with E-state index in [9.17, 15) is 0 Å². The molecule has 1 heterocycles. The second-order valence-corrected chi connectivity index (χ2v) is 4.07. The van der Waals surface area contributed by atoms with Crippen LogP contribution in [0.2, 0.25) is 0 Å². The first-order valence-corrected chi connectivity index (χ1v) is 5.80. The van der Waals surface area contributed by atoms with Crippen molar-refractivity contribution in [2.24, 2.45) is 0 Å². The van der Waals surface area contributed by atoms with Gasteiger partial charge in [-0.15, -0.1) is 6.58 Å². The van der Waals surface area contributed by atoms with Crippen molar-refractivity contribution in [2.45, 2.75) is 31.5 Å². The lowest BCUT2D eigenvalue weighted by atomic mass is 10.2. The molecule has 0 N–H and O–H groups in total. The number of hydrogen-bond donors (Lipinski definition) is 0. The molecular formula is C14H18O3. The number of methoxy groups -OCH3 is 1. The molecule has 17 heavy (non-hydrogen) atoms. The summed E-state index contributed by atoms with van der Waals surface area (Å²) >= 11 is 0. The van der Waals surface area contributed by atoms with Crippen molar-refractivity contribution in [1.29, 1.82) is 0 Å². The zero-order chi connectivity index (χ0) is 12.1. The molecule has 0 radical (unpaired) electrons. The smallest absolute Gasteiger partial charge is 0.160 e. The highest BCUT2D eigenvalue weighted by Crippen LogP contribution is 2.25. The molecule has 3 heteroatoms. The molecule has 1 aliphatic heterocycles. The SMILES string of the molecule is C=C[C@H]1OC(OC)C[C@@H]1OCc1ccccc1. The zero-order valence-corrected chi connectivity index (χ0v) is 10.0. The summed E-state index contributed by atoms with van der Waals surface area (Å²) < 4.78 is 16.6. The fourth-order valence-corrected chi connectivity index (χ4v) is 1.94. The second-order valence-electron chi connectivity index (χ2n) is 4.07. The maximum atomic E-state index is 5.85. The van der Waals surface area contributed by atoms with Crippen molar-refractivity contribution in [3.8, 4) is 0 Å². The van der Waals surface area contributed by atoms with Gasteiger partial charge >= 0.3 is 0 Å². The van der Waals surface area contributed by atoms with Crippen LogP contribution < -0.4 is 0 Å². The van der Waals surface area contributed by atoms with Crippen LogP contribution in [0.25, 0.3) is 0 Å². The lowest BCUT2D eigenvalue weighted by molar-refractivity contribution is -0.107. The van der Waals surface area contributed by atoms with Gasteiger partial charge in [-0.2, -0.15) is 0 Å². The van der Waals surface area contributed by atoms with Gasteiger partial charge in [-0.05, 0) is 5.56 Å². The number of ether oxygens (including phenoxy) is 3. The third-order valence-corrected chi connectivity index (χ3v) is 2.90. The van der Waals surface area contributed by atoms with Crippen LogP contribution in [0.5, 0.6) is 0 Å². The quantitative estimate of drug-likeness (QED) is 0.733. The van der Waals surface area contributed by atoms with Gasteiger partial charge in [0.2, 0.25) is 0 Å². The summed E-state index contributed by atoms with van der Waals surface area (Å²) in [5, 5.41) is 0. The molecule has 0 aromatic heterocycles. The molecule has 1 unspecified atom stereocenters. The third kappa shape index (κ3) is 3.16. The van der Waals surface area contributed by atoms with E-state index in [2.05, 4.69) is 6.58 Å². The summed E-state index contributed by atoms with van der Waals surface area (Å²) in [6, 6.07) is 10.1. The minimum atomic E-state index is -0.182. The van der Waals surface area contributed by atoms with Crippen LogP contribution in [0, 0.1) is 0 Å². The Balaban J connectivity index is 1.88. The molecule has 92 valence electrons. The van der Waals surface area contributed by atoms with Crippen molar-refractivity contribution < 1.29 is 14.2 Å². The van der Waals surface area contributed by atoms with Crippen molar-refractivity contribution in [3.05, 3.63) is 48.6 Å². The first-order chi connectivity index (χ1) is 8.33. The minimum absolute atomic E-state index is 0.0256. The predicted octanol–water partition coefficient (Wildman–Crippen LogP) is 2.52. The van der Waals surface area contributed by atoms with E-state index in [0.29, 0.717) is 6.61 Å². The van der Waals surface area contributed by atoms with Gasteiger partial charge in [-0.1, -0.05) is 36.4 Å². The summed E-state index contributed by atoms with van der Waals surface area (Å²) in [7, 11) is 1.64. The molecule has 1 aromatic rings. The Morgan fingerprint density at radius 2 is 2.18 bits per heavy atom. The van der Waals surface area contributed by atoms with Crippen molar-refractivity contribution in [3.63, 3.8) is 0 Å². The van der Waals surface area contributed by atoms with Gasteiger partial charge in [0, 0.05) is 13.5 Å². The van der Waals surface area contributed by atoms with Gasteiger partial charge in [0.1, 0.15) is 6.10 Å². The molecule has 0 amide bonds. The Kier molecular flexibility index (Phi) is 4.31. The van der Waals surface area contributed by atoms with E-state index in [0.717, 1.165) is 12.0 Å². The Morgan fingerprint density at radius 3 is 2.82 bits per heavy atom. The first-order valence-electron chi connectivity index (χ1n) is 5.80. The third-order valence-electron chi connectivity index (χ3n) is 2.90. The molecular weight excluding hydrogens is 216 g/mol. The maximum absolute atomic E-state index is 5.85. The first kappa shape index (κ1) is 12.3. The Morgan fingerprint density at radius 1 is 1.41 bits per heavy atom. The van der Waals surface area contributed by atoms with Crippen molar-refractivity contribution in [2.75, 3.05) is 7.11 Å². The molecule has 1 fully saturated rings. The number of hydrogen-bond acceptors (Lipinski definition) is 3. The van der Waals surface area contributed by atoms with Crippen LogP contribution in [-0.2, 0) is 20.8 Å². The second kappa shape index (κ2) is 5.96. The number of rotatable bonds is 5. The maximum Gasteiger partial charge on any atom is 0.160 e. The van der Waals surface area contributed by atoms with Crippen molar-refractivity contribution in [1.82, 2.24) is 0 Å². The summed E-state index contributed by atoms with van der Waals surface area (Å²) in [4.78, 5) is 0. The van der Waals surface area contributed by atoms with Crippen LogP contribution in [0.3, 0.4) is 0 Å². The molecule has 1 aliphatic rings. The van der Waals surface area contributed by atoms with E-state index in [1.54, 1.807) is 13.2 Å². The molecule has 0 aliphatic carbocycles. The van der Waals surface area contributed by atoms with Gasteiger partial charge in [0.15, 0.2) is 6.29 Å². The van der Waals surface area contributed by atoms with Crippen LogP contribution in [0.1, 0.15) is 12.0 Å². The molecule has 1 saturated heterocycles. The van der Waals surface area contributed by atoms with Crippen LogP contribution in [-0.4, -0.2) is 25.6 Å². The molecule has 0 spiro atoms. The van der Waals surface area contributed by atoms with Crippen molar-refractivity contribution >= 4 is 0 Å². The predicted molar refractivity (Wildman–Crippen MR) is 65.5 cm³/mol. The molecule has 3 atom stereocenters. The zero-order valence-electron chi connectivity index (χ0n) is 10.0. The van der Waals surface area contributed by atoms with Crippen LogP contribution in [0.15, 0.2) is 43.0 Å². The highest BCUT2D eigenvalue weighted by atomic mass is 16.7. The molecule has 0 saturated carbocycles. The molecule has 0 bridgehead atoms. The van der Waals surface area contributed by atoms with Gasteiger partial charge in [0.05, 0.1) is 12.7 Å². The van der Waals surface area contributed by atoms with E-state index in [1.165, 1.54) is 0 Å². The lowest BCUT2D eigenvalue weighted by Crippen LogP contribution is -2.21. The summed E-state index contributed by atoms with van der Waals surface area (Å²) in [6.45, 7) is 4.35. The monoisotopic (exact) mass is 234 g/mol. The summed E-state index contributed by atoms with van der Waals surface area (Å²) in [5.74, 6) is 0. The Labute approximate surface area is 102 Å². The van der Waals surface area contributed by atoms with E-state index < -0.39 is 0 Å². The highest BCUT2D eigenvalue weighted by Gasteiger charge is 2.34. The molecule has 1 aromatic carbocycles. The average Bonchev–Trinajstić information content (AvgIpc) is 2.80. The van der Waals surface area contributed by atoms with E-state index in [4.69, 9.17) is 14.2 Å². The fourth-order valence-electron chi connectivity index (χ4n) is 1.94. The summed E-state index contributed by atoms with van der Waals surface area (Å²) in [5.41, 5.74) is 1.16. The highest BCUT2D eigenvalue weighted by molar-refractivity contribution is 5.13. The van der Waals surface area contributed by atoms with Crippen LogP contribution >= 0.6 is 0 Å². The number of benzene rings is 1. The normalized spacial score (nSPS) is 28.2. The topological polar surface area (TPSA) is 27.7 Å². The largest absolute Gasteiger partial charge is 0.370 e. The standard InChI is InChI=1S/C14H18O3/c1-3-12-13(9-14(15-2)17-12)16-10-11-7-5-4-6-8-11/h3-8,12-14H,1,9-10H2,2H3/t12-,13+,14?/m1/s1. The average molecular weight is 234 g/mol.